The minimum atomic E-state index is -0.454. The molecule has 1 fully saturated rings. The first-order chi connectivity index (χ1) is 17.9. The molecule has 0 bridgehead atoms. The number of hydrogen-bond donors (Lipinski definition) is 1. The van der Waals surface area contributed by atoms with Gasteiger partial charge in [-0.1, -0.05) is 36.2 Å². The molecule has 3 aliphatic rings. The lowest BCUT2D eigenvalue weighted by atomic mass is 9.73. The van der Waals surface area contributed by atoms with Gasteiger partial charge in [-0.25, -0.2) is 0 Å². The largest absolute Gasteiger partial charge is 0.491 e. The summed E-state index contributed by atoms with van der Waals surface area (Å²) in [6.07, 6.45) is 5.29. The van der Waals surface area contributed by atoms with Crippen LogP contribution in [0.15, 0.2) is 36.4 Å². The third kappa shape index (κ3) is 5.82. The number of halogens is 1. The Bertz CT molecular complexity index is 1150. The fraction of sp³-hybridized carbons (Fsp3) is 0.517. The number of hydrogen-bond acceptors (Lipinski definition) is 5. The molecule has 0 aromatic heterocycles. The van der Waals surface area contributed by atoms with E-state index in [2.05, 4.69) is 11.4 Å². The van der Waals surface area contributed by atoms with Crippen molar-refractivity contribution < 1.29 is 23.8 Å². The maximum Gasteiger partial charge on any atom is 0.226 e. The quantitative estimate of drug-likeness (QED) is 0.620. The zero-order valence-corrected chi connectivity index (χ0v) is 22.1. The number of rotatable bonds is 2. The molecule has 3 aliphatic heterocycles. The van der Waals surface area contributed by atoms with Gasteiger partial charge in [0.15, 0.2) is 11.5 Å². The lowest BCUT2D eigenvalue weighted by Gasteiger charge is -2.41. The molecule has 0 radical (unpaired) electrons. The van der Waals surface area contributed by atoms with E-state index in [-0.39, 0.29) is 24.3 Å². The van der Waals surface area contributed by atoms with Crippen LogP contribution in [-0.2, 0) is 22.4 Å². The first-order valence-corrected chi connectivity index (χ1v) is 13.7. The van der Waals surface area contributed by atoms with E-state index in [1.807, 2.05) is 36.1 Å². The van der Waals surface area contributed by atoms with Crippen LogP contribution in [0.4, 0.5) is 0 Å². The summed E-state index contributed by atoms with van der Waals surface area (Å²) in [5.74, 6) is 2.16. The van der Waals surface area contributed by atoms with Gasteiger partial charge in [-0.2, -0.15) is 0 Å². The molecule has 7 nitrogen and oxygen atoms in total. The Morgan fingerprint density at radius 3 is 2.68 bits per heavy atom. The van der Waals surface area contributed by atoms with E-state index in [0.717, 1.165) is 37.0 Å². The second-order valence-corrected chi connectivity index (χ2v) is 10.8. The van der Waals surface area contributed by atoms with E-state index in [0.29, 0.717) is 62.3 Å². The fourth-order valence-electron chi connectivity index (χ4n) is 5.59. The van der Waals surface area contributed by atoms with Crippen LogP contribution in [0.25, 0.3) is 0 Å². The normalized spacial score (nSPS) is 21.6. The molecule has 2 aromatic rings. The standard InChI is InChI=1S/C29H35ClN2O5/c1-20-19-37-24-8-3-2-6-22(24)7-4-5-9-29(28(34)31-20)10-12-32(13-11-29)26(33)18-21-16-23(30)27-25(17-21)35-14-15-36-27/h2-3,6,8,16-17,20H,4-5,7,9-15,18-19H2,1H3,(H,31,34)/t20-/m0/s1. The van der Waals surface area contributed by atoms with Crippen molar-refractivity contribution >= 4 is 23.4 Å². The molecule has 2 aromatic carbocycles. The summed E-state index contributed by atoms with van der Waals surface area (Å²) >= 11 is 6.36. The Kier molecular flexibility index (Phi) is 7.79. The molecule has 1 spiro atoms. The van der Waals surface area contributed by atoms with Crippen molar-refractivity contribution in [3.8, 4) is 17.2 Å². The lowest BCUT2D eigenvalue weighted by molar-refractivity contribution is -0.141. The number of aryl methyl sites for hydroxylation is 1. The first kappa shape index (κ1) is 25.7. The lowest BCUT2D eigenvalue weighted by Crippen LogP contribution is -2.52. The molecule has 0 unspecified atom stereocenters. The number of nitrogens with one attached hydrogen (secondary N) is 1. The molecule has 1 atom stereocenters. The topological polar surface area (TPSA) is 77.1 Å². The second-order valence-electron chi connectivity index (χ2n) is 10.4. The van der Waals surface area contributed by atoms with E-state index in [1.54, 1.807) is 6.07 Å². The summed E-state index contributed by atoms with van der Waals surface area (Å²) in [6, 6.07) is 11.7. The number of fused-ring (bicyclic) bond motifs is 2. The molecule has 3 heterocycles. The molecular formula is C29H35ClN2O5. The molecule has 1 saturated heterocycles. The summed E-state index contributed by atoms with van der Waals surface area (Å²) < 4.78 is 17.3. The Morgan fingerprint density at radius 2 is 1.84 bits per heavy atom. The molecule has 0 saturated carbocycles. The maximum absolute atomic E-state index is 13.5. The van der Waals surface area contributed by atoms with Crippen LogP contribution in [0.5, 0.6) is 17.2 Å². The van der Waals surface area contributed by atoms with Crippen LogP contribution in [0.2, 0.25) is 5.02 Å². The van der Waals surface area contributed by atoms with Crippen molar-refractivity contribution in [2.75, 3.05) is 32.9 Å². The van der Waals surface area contributed by atoms with Crippen LogP contribution < -0.4 is 19.5 Å². The molecule has 8 heteroatoms. The molecule has 0 aliphatic carbocycles. The molecule has 198 valence electrons. The minimum Gasteiger partial charge on any atom is -0.491 e. The zero-order chi connectivity index (χ0) is 25.8. The summed E-state index contributed by atoms with van der Waals surface area (Å²) in [4.78, 5) is 28.5. The first-order valence-electron chi connectivity index (χ1n) is 13.3. The second kappa shape index (κ2) is 11.2. The zero-order valence-electron chi connectivity index (χ0n) is 21.4. The van der Waals surface area contributed by atoms with Crippen LogP contribution in [0.1, 0.15) is 50.2 Å². The van der Waals surface area contributed by atoms with Crippen LogP contribution in [0, 0.1) is 5.41 Å². The van der Waals surface area contributed by atoms with E-state index in [1.165, 1.54) is 5.56 Å². The SMILES string of the molecule is C[C@H]1COc2ccccc2CCCCC2(CCN(C(=O)Cc3cc(Cl)c4c(c3)OCCO4)CC2)C(=O)N1. The molecule has 5 rings (SSSR count). The summed E-state index contributed by atoms with van der Waals surface area (Å²) in [7, 11) is 0. The van der Waals surface area contributed by atoms with Gasteiger partial charge < -0.3 is 24.4 Å². The van der Waals surface area contributed by atoms with Crippen LogP contribution in [0.3, 0.4) is 0 Å². The Hall–Kier alpha value is -2.93. The van der Waals surface area contributed by atoms with Gasteiger partial charge in [0.1, 0.15) is 25.6 Å². The fourth-order valence-corrected chi connectivity index (χ4v) is 5.88. The van der Waals surface area contributed by atoms with Gasteiger partial charge >= 0.3 is 0 Å². The van der Waals surface area contributed by atoms with E-state index >= 15 is 0 Å². The summed E-state index contributed by atoms with van der Waals surface area (Å²) in [6.45, 7) is 4.48. The summed E-state index contributed by atoms with van der Waals surface area (Å²) in [5, 5.41) is 3.66. The monoisotopic (exact) mass is 526 g/mol. The van der Waals surface area contributed by atoms with Crippen molar-refractivity contribution in [2.24, 2.45) is 5.41 Å². The van der Waals surface area contributed by atoms with Gasteiger partial charge in [0.2, 0.25) is 11.8 Å². The van der Waals surface area contributed by atoms with E-state index in [9.17, 15) is 9.59 Å². The smallest absolute Gasteiger partial charge is 0.226 e. The molecule has 1 N–H and O–H groups in total. The molecule has 37 heavy (non-hydrogen) atoms. The highest BCUT2D eigenvalue weighted by atomic mass is 35.5. The number of benzene rings is 2. The number of ether oxygens (including phenoxy) is 3. The number of likely N-dealkylation sites (tertiary alicyclic amines) is 1. The van der Waals surface area contributed by atoms with Gasteiger partial charge in [0.25, 0.3) is 0 Å². The van der Waals surface area contributed by atoms with Crippen molar-refractivity contribution in [3.63, 3.8) is 0 Å². The highest BCUT2D eigenvalue weighted by molar-refractivity contribution is 6.32. The number of carbonyl (C=O) groups excluding carboxylic acids is 2. The molecule has 2 amide bonds. The Labute approximate surface area is 223 Å². The highest BCUT2D eigenvalue weighted by Crippen LogP contribution is 2.40. The highest BCUT2D eigenvalue weighted by Gasteiger charge is 2.42. The van der Waals surface area contributed by atoms with Crippen LogP contribution >= 0.6 is 11.6 Å². The van der Waals surface area contributed by atoms with Crippen molar-refractivity contribution in [1.29, 1.82) is 0 Å². The van der Waals surface area contributed by atoms with Crippen molar-refractivity contribution in [1.82, 2.24) is 10.2 Å². The number of amides is 2. The maximum atomic E-state index is 13.5. The predicted molar refractivity (Wildman–Crippen MR) is 141 cm³/mol. The van der Waals surface area contributed by atoms with Crippen LogP contribution in [-0.4, -0.2) is 55.7 Å². The van der Waals surface area contributed by atoms with Gasteiger partial charge in [0, 0.05) is 13.1 Å². The van der Waals surface area contributed by atoms with Gasteiger partial charge in [-0.15, -0.1) is 0 Å². The van der Waals surface area contributed by atoms with Crippen molar-refractivity contribution in [3.05, 3.63) is 52.5 Å². The average molecular weight is 527 g/mol. The average Bonchev–Trinajstić information content (AvgIpc) is 2.90. The van der Waals surface area contributed by atoms with E-state index < -0.39 is 5.41 Å². The Morgan fingerprint density at radius 1 is 1.05 bits per heavy atom. The predicted octanol–water partition coefficient (Wildman–Crippen LogP) is 4.57. The van der Waals surface area contributed by atoms with Gasteiger partial charge in [0.05, 0.1) is 22.9 Å². The third-order valence-corrected chi connectivity index (χ3v) is 8.04. The number of nitrogens with zero attached hydrogens (tertiary/aromatic N) is 1. The number of carbonyl (C=O) groups is 2. The molecular weight excluding hydrogens is 492 g/mol. The van der Waals surface area contributed by atoms with Crippen molar-refractivity contribution in [2.45, 2.75) is 57.9 Å². The third-order valence-electron chi connectivity index (χ3n) is 7.76. The van der Waals surface area contributed by atoms with Gasteiger partial charge in [-0.3, -0.25) is 9.59 Å². The number of para-hydroxylation sites is 1. The minimum absolute atomic E-state index is 0.0366. The number of piperidine rings is 1. The Balaban J connectivity index is 1.23. The summed E-state index contributed by atoms with van der Waals surface area (Å²) in [5.41, 5.74) is 1.57. The van der Waals surface area contributed by atoms with Gasteiger partial charge in [-0.05, 0) is 68.4 Å². The van der Waals surface area contributed by atoms with E-state index in [4.69, 9.17) is 25.8 Å².